The largest absolute Gasteiger partial charge is 0.494 e. The van der Waals surface area contributed by atoms with E-state index in [0.29, 0.717) is 18.1 Å². The first-order valence-corrected chi connectivity index (χ1v) is 6.58. The minimum Gasteiger partial charge on any atom is -0.494 e. The normalized spacial score (nSPS) is 9.55. The second-order valence-corrected chi connectivity index (χ2v) is 3.98. The topological polar surface area (TPSA) is 103 Å². The lowest BCUT2D eigenvalue weighted by atomic mass is 10.3. The fourth-order valence-corrected chi connectivity index (χ4v) is 1.35. The van der Waals surface area contributed by atoms with Gasteiger partial charge in [0.1, 0.15) is 11.5 Å². The molecule has 0 aliphatic rings. The molecule has 0 aliphatic heterocycles. The van der Waals surface area contributed by atoms with Gasteiger partial charge in [-0.05, 0) is 31.2 Å². The number of esters is 1. The molecule has 0 saturated carbocycles. The molecule has 1 rings (SSSR count). The summed E-state index contributed by atoms with van der Waals surface area (Å²) >= 11 is 0. The number of ether oxygens (including phenoxy) is 3. The van der Waals surface area contributed by atoms with Crippen molar-refractivity contribution in [2.75, 3.05) is 26.9 Å². The van der Waals surface area contributed by atoms with E-state index in [-0.39, 0.29) is 6.61 Å². The summed E-state index contributed by atoms with van der Waals surface area (Å²) in [7, 11) is 1.36. The zero-order chi connectivity index (χ0) is 16.4. The summed E-state index contributed by atoms with van der Waals surface area (Å²) in [5, 5.41) is 4.15. The van der Waals surface area contributed by atoms with Crippen LogP contribution in [0.15, 0.2) is 24.3 Å². The molecule has 0 aromatic heterocycles. The molecule has 0 fully saturated rings. The van der Waals surface area contributed by atoms with Crippen LogP contribution < -0.4 is 20.1 Å². The molecule has 8 nitrogen and oxygen atoms in total. The lowest BCUT2D eigenvalue weighted by molar-refractivity contribution is -0.150. The first-order chi connectivity index (χ1) is 10.5. The van der Waals surface area contributed by atoms with E-state index in [0.717, 1.165) is 0 Å². The number of rotatable bonds is 7. The van der Waals surface area contributed by atoms with Crippen LogP contribution in [0.3, 0.4) is 0 Å². The molecule has 1 aromatic rings. The summed E-state index contributed by atoms with van der Waals surface area (Å²) in [6.07, 6.45) is 0. The molecule has 0 radical (unpaired) electrons. The molecule has 3 amide bonds. The summed E-state index contributed by atoms with van der Waals surface area (Å²) in [4.78, 5) is 33.4. The van der Waals surface area contributed by atoms with Crippen LogP contribution >= 0.6 is 0 Å². The van der Waals surface area contributed by atoms with E-state index < -0.39 is 24.5 Å². The molecule has 0 saturated heterocycles. The highest BCUT2D eigenvalue weighted by molar-refractivity contribution is 5.95. The maximum absolute atomic E-state index is 11.4. The van der Waals surface area contributed by atoms with Crippen molar-refractivity contribution in [1.29, 1.82) is 0 Å². The molecule has 0 unspecified atom stereocenters. The number of hydrogen-bond acceptors (Lipinski definition) is 6. The Balaban J connectivity index is 2.28. The van der Waals surface area contributed by atoms with Gasteiger partial charge < -0.3 is 19.5 Å². The molecule has 0 atom stereocenters. The zero-order valence-corrected chi connectivity index (χ0v) is 12.4. The van der Waals surface area contributed by atoms with Crippen LogP contribution in [-0.2, 0) is 14.3 Å². The predicted molar refractivity (Wildman–Crippen MR) is 76.7 cm³/mol. The standard InChI is InChI=1S/C14H18N2O6/c1-3-20-10-4-6-11(7-5-10)21-9-13(18)22-8-12(17)16-14(19)15-2/h4-7H,3,8-9H2,1-2H3,(H2,15,16,17,19). The maximum atomic E-state index is 11.4. The molecule has 120 valence electrons. The quantitative estimate of drug-likeness (QED) is 0.709. The Morgan fingerprint density at radius 1 is 1.00 bits per heavy atom. The predicted octanol–water partition coefficient (Wildman–Crippen LogP) is 0.463. The van der Waals surface area contributed by atoms with Gasteiger partial charge in [0, 0.05) is 7.05 Å². The lowest BCUT2D eigenvalue weighted by Crippen LogP contribution is -2.40. The Bertz CT molecular complexity index is 515. The first kappa shape index (κ1) is 17.3. The average Bonchev–Trinajstić information content (AvgIpc) is 2.52. The highest BCUT2D eigenvalue weighted by Crippen LogP contribution is 2.17. The van der Waals surface area contributed by atoms with Gasteiger partial charge in [0.05, 0.1) is 6.61 Å². The van der Waals surface area contributed by atoms with E-state index in [1.807, 2.05) is 12.2 Å². The van der Waals surface area contributed by atoms with E-state index >= 15 is 0 Å². The van der Waals surface area contributed by atoms with Crippen LogP contribution in [-0.4, -0.2) is 44.8 Å². The number of benzene rings is 1. The van der Waals surface area contributed by atoms with Crippen molar-refractivity contribution in [3.63, 3.8) is 0 Å². The van der Waals surface area contributed by atoms with Crippen molar-refractivity contribution in [2.45, 2.75) is 6.92 Å². The third kappa shape index (κ3) is 6.60. The number of carbonyl (C=O) groups is 3. The van der Waals surface area contributed by atoms with Crippen LogP contribution in [0, 0.1) is 0 Å². The fraction of sp³-hybridized carbons (Fsp3) is 0.357. The number of imide groups is 1. The number of urea groups is 1. The number of nitrogens with one attached hydrogen (secondary N) is 2. The molecule has 22 heavy (non-hydrogen) atoms. The summed E-state index contributed by atoms with van der Waals surface area (Å²) < 4.78 is 15.1. The smallest absolute Gasteiger partial charge is 0.344 e. The minimum absolute atomic E-state index is 0.346. The molecule has 0 heterocycles. The zero-order valence-electron chi connectivity index (χ0n) is 12.4. The first-order valence-electron chi connectivity index (χ1n) is 6.58. The molecule has 8 heteroatoms. The van der Waals surface area contributed by atoms with Crippen molar-refractivity contribution in [1.82, 2.24) is 10.6 Å². The molecular formula is C14H18N2O6. The van der Waals surface area contributed by atoms with Crippen LogP contribution in [0.5, 0.6) is 11.5 Å². The van der Waals surface area contributed by atoms with E-state index in [4.69, 9.17) is 9.47 Å². The van der Waals surface area contributed by atoms with Gasteiger partial charge in [0.2, 0.25) is 0 Å². The van der Waals surface area contributed by atoms with E-state index in [1.165, 1.54) is 7.05 Å². The van der Waals surface area contributed by atoms with Gasteiger partial charge >= 0.3 is 12.0 Å². The van der Waals surface area contributed by atoms with E-state index in [2.05, 4.69) is 10.1 Å². The summed E-state index contributed by atoms with van der Waals surface area (Å²) in [5.41, 5.74) is 0. The van der Waals surface area contributed by atoms with Gasteiger partial charge in [-0.3, -0.25) is 10.1 Å². The summed E-state index contributed by atoms with van der Waals surface area (Å²) in [5.74, 6) is -0.284. The van der Waals surface area contributed by atoms with E-state index in [9.17, 15) is 14.4 Å². The van der Waals surface area contributed by atoms with Crippen LogP contribution in [0.2, 0.25) is 0 Å². The van der Waals surface area contributed by atoms with Crippen molar-refractivity contribution in [3.8, 4) is 11.5 Å². The number of amides is 3. The molecule has 0 bridgehead atoms. The van der Waals surface area contributed by atoms with Crippen LogP contribution in [0.1, 0.15) is 6.92 Å². The number of hydrogen-bond donors (Lipinski definition) is 2. The van der Waals surface area contributed by atoms with Gasteiger partial charge in [-0.2, -0.15) is 0 Å². The Labute approximate surface area is 127 Å². The van der Waals surface area contributed by atoms with E-state index in [1.54, 1.807) is 24.3 Å². The van der Waals surface area contributed by atoms with Crippen molar-refractivity contribution in [2.24, 2.45) is 0 Å². The van der Waals surface area contributed by atoms with Gasteiger partial charge in [0.15, 0.2) is 13.2 Å². The van der Waals surface area contributed by atoms with Crippen molar-refractivity contribution in [3.05, 3.63) is 24.3 Å². The molecule has 2 N–H and O–H groups in total. The van der Waals surface area contributed by atoms with Gasteiger partial charge in [0.25, 0.3) is 5.91 Å². The Kier molecular flexibility index (Phi) is 7.24. The highest BCUT2D eigenvalue weighted by atomic mass is 16.6. The fourth-order valence-electron chi connectivity index (χ4n) is 1.35. The molecular weight excluding hydrogens is 292 g/mol. The molecule has 1 aromatic carbocycles. The van der Waals surface area contributed by atoms with Crippen molar-refractivity contribution >= 4 is 17.9 Å². The number of carbonyl (C=O) groups excluding carboxylic acids is 3. The maximum Gasteiger partial charge on any atom is 0.344 e. The Morgan fingerprint density at radius 2 is 1.59 bits per heavy atom. The van der Waals surface area contributed by atoms with Gasteiger partial charge in [-0.15, -0.1) is 0 Å². The molecule has 0 aliphatic carbocycles. The third-order valence-corrected chi connectivity index (χ3v) is 2.34. The summed E-state index contributed by atoms with van der Waals surface area (Å²) in [6, 6.07) is 6.04. The average molecular weight is 310 g/mol. The monoisotopic (exact) mass is 310 g/mol. The Morgan fingerprint density at radius 3 is 2.14 bits per heavy atom. The molecule has 0 spiro atoms. The van der Waals surface area contributed by atoms with Crippen LogP contribution in [0.4, 0.5) is 4.79 Å². The highest BCUT2D eigenvalue weighted by Gasteiger charge is 2.10. The minimum atomic E-state index is -0.728. The van der Waals surface area contributed by atoms with Crippen molar-refractivity contribution < 1.29 is 28.6 Å². The van der Waals surface area contributed by atoms with Gasteiger partial charge in [-0.25, -0.2) is 9.59 Å². The second-order valence-electron chi connectivity index (χ2n) is 3.98. The third-order valence-electron chi connectivity index (χ3n) is 2.34. The summed E-state index contributed by atoms with van der Waals surface area (Å²) in [6.45, 7) is 1.53. The lowest BCUT2D eigenvalue weighted by Gasteiger charge is -2.08. The van der Waals surface area contributed by atoms with Gasteiger partial charge in [-0.1, -0.05) is 0 Å². The van der Waals surface area contributed by atoms with Crippen LogP contribution in [0.25, 0.3) is 0 Å². The second kappa shape index (κ2) is 9.22. The Hall–Kier alpha value is -2.77. The SMILES string of the molecule is CCOc1ccc(OCC(=O)OCC(=O)NC(=O)NC)cc1.